The van der Waals surface area contributed by atoms with Crippen LogP contribution in [0.1, 0.15) is 47.1 Å². The van der Waals surface area contributed by atoms with Crippen molar-refractivity contribution in [3.05, 3.63) is 51.7 Å². The van der Waals surface area contributed by atoms with Gasteiger partial charge in [0, 0.05) is 10.8 Å². The second-order valence-electron chi connectivity index (χ2n) is 6.39. The summed E-state index contributed by atoms with van der Waals surface area (Å²) in [6.07, 6.45) is 1.63. The molecular formula is C18H19NO4. The van der Waals surface area contributed by atoms with Crippen LogP contribution in [0.2, 0.25) is 0 Å². The van der Waals surface area contributed by atoms with Gasteiger partial charge in [-0.2, -0.15) is 0 Å². The standard InChI is InChI=1S/C18H19NO4/c1-10-14(16(21)18(2,3)4)15(20)13(19-10)9-11-5-7-12(8-6-11)17(22)23/h5-9,19-20H,1H2,2-4H3,(H,22,23)/b13-9+. The third-order valence-electron chi connectivity index (χ3n) is 3.46. The van der Waals surface area contributed by atoms with Gasteiger partial charge in [-0.1, -0.05) is 39.5 Å². The maximum absolute atomic E-state index is 12.4. The van der Waals surface area contributed by atoms with Gasteiger partial charge < -0.3 is 15.2 Å². The number of aromatic hydroxyl groups is 1. The molecule has 1 aromatic heterocycles. The molecule has 0 saturated heterocycles. The minimum atomic E-state index is -1.00. The Morgan fingerprint density at radius 2 is 1.74 bits per heavy atom. The fourth-order valence-corrected chi connectivity index (χ4v) is 2.17. The van der Waals surface area contributed by atoms with E-state index in [1.165, 1.54) is 12.1 Å². The smallest absolute Gasteiger partial charge is 0.335 e. The van der Waals surface area contributed by atoms with Crippen LogP contribution in [0, 0.1) is 5.41 Å². The fourth-order valence-electron chi connectivity index (χ4n) is 2.17. The van der Waals surface area contributed by atoms with Crippen molar-refractivity contribution in [3.8, 4) is 5.75 Å². The summed E-state index contributed by atoms with van der Waals surface area (Å²) in [6.45, 7) is 9.10. The van der Waals surface area contributed by atoms with Crippen molar-refractivity contribution in [1.29, 1.82) is 0 Å². The zero-order chi connectivity index (χ0) is 17.4. The van der Waals surface area contributed by atoms with Crippen LogP contribution in [0.15, 0.2) is 24.3 Å². The van der Waals surface area contributed by atoms with E-state index in [0.29, 0.717) is 16.3 Å². The van der Waals surface area contributed by atoms with Crippen molar-refractivity contribution in [1.82, 2.24) is 4.98 Å². The molecule has 0 fully saturated rings. The Morgan fingerprint density at radius 1 is 1.17 bits per heavy atom. The largest absolute Gasteiger partial charge is 0.505 e. The van der Waals surface area contributed by atoms with Crippen molar-refractivity contribution in [2.45, 2.75) is 20.8 Å². The molecule has 0 unspecified atom stereocenters. The number of aromatic carboxylic acids is 1. The number of aromatic amines is 1. The Morgan fingerprint density at radius 3 is 2.22 bits per heavy atom. The topological polar surface area (TPSA) is 90.4 Å². The van der Waals surface area contributed by atoms with Crippen LogP contribution in [0.25, 0.3) is 12.7 Å². The number of carbonyl (C=O) groups is 2. The van der Waals surface area contributed by atoms with Gasteiger partial charge in [-0.15, -0.1) is 0 Å². The SMILES string of the molecule is C=c1[nH]/c(=C/c2ccc(C(=O)O)cc2)c(O)c1C(=O)C(C)(C)C. The molecule has 0 amide bonds. The first-order valence-electron chi connectivity index (χ1n) is 7.11. The first kappa shape index (κ1) is 16.5. The molecule has 0 atom stereocenters. The number of H-pyrrole nitrogens is 1. The van der Waals surface area contributed by atoms with Gasteiger partial charge in [0.1, 0.15) is 0 Å². The van der Waals surface area contributed by atoms with Crippen molar-refractivity contribution in [2.24, 2.45) is 5.41 Å². The van der Waals surface area contributed by atoms with E-state index >= 15 is 0 Å². The number of aromatic nitrogens is 1. The molecule has 1 aromatic carbocycles. The van der Waals surface area contributed by atoms with E-state index in [2.05, 4.69) is 11.6 Å². The summed E-state index contributed by atoms with van der Waals surface area (Å²) in [7, 11) is 0. The summed E-state index contributed by atoms with van der Waals surface area (Å²) < 4.78 is 0. The summed E-state index contributed by atoms with van der Waals surface area (Å²) in [4.78, 5) is 26.1. The van der Waals surface area contributed by atoms with Crippen LogP contribution >= 0.6 is 0 Å². The lowest BCUT2D eigenvalue weighted by Gasteiger charge is -2.15. The lowest BCUT2D eigenvalue weighted by Crippen LogP contribution is -2.25. The summed E-state index contributed by atoms with van der Waals surface area (Å²) in [5.41, 5.74) is 0.429. The molecule has 0 aliphatic rings. The Hall–Kier alpha value is -2.82. The number of benzene rings is 1. The molecule has 23 heavy (non-hydrogen) atoms. The predicted octanol–water partition coefficient (Wildman–Crippen LogP) is 1.89. The molecular weight excluding hydrogens is 294 g/mol. The van der Waals surface area contributed by atoms with E-state index in [1.54, 1.807) is 39.0 Å². The molecule has 0 saturated carbocycles. The van der Waals surface area contributed by atoms with Gasteiger partial charge in [0.05, 0.1) is 16.5 Å². The Bertz CT molecular complexity index is 867. The van der Waals surface area contributed by atoms with Crippen LogP contribution < -0.4 is 10.7 Å². The average Bonchev–Trinajstić information content (AvgIpc) is 2.72. The van der Waals surface area contributed by atoms with Crippen molar-refractivity contribution in [2.75, 3.05) is 0 Å². The number of rotatable bonds is 3. The van der Waals surface area contributed by atoms with Crippen molar-refractivity contribution in [3.63, 3.8) is 0 Å². The van der Waals surface area contributed by atoms with Gasteiger partial charge in [0.2, 0.25) is 0 Å². The van der Waals surface area contributed by atoms with E-state index in [-0.39, 0.29) is 22.7 Å². The zero-order valence-corrected chi connectivity index (χ0v) is 13.3. The number of Topliss-reactive ketones (excluding diaryl/α,β-unsaturated/α-hetero) is 1. The maximum atomic E-state index is 12.4. The first-order chi connectivity index (χ1) is 10.6. The normalized spacial score (nSPS) is 12.4. The van der Waals surface area contributed by atoms with E-state index in [1.807, 2.05) is 0 Å². The first-order valence-corrected chi connectivity index (χ1v) is 7.11. The van der Waals surface area contributed by atoms with Crippen molar-refractivity contribution < 1.29 is 19.8 Å². The van der Waals surface area contributed by atoms with Crippen LogP contribution in [-0.2, 0) is 0 Å². The van der Waals surface area contributed by atoms with Gasteiger partial charge in [-0.05, 0) is 23.8 Å². The third-order valence-corrected chi connectivity index (χ3v) is 3.46. The molecule has 0 bridgehead atoms. The lowest BCUT2D eigenvalue weighted by atomic mass is 9.87. The van der Waals surface area contributed by atoms with E-state index in [4.69, 9.17) is 5.11 Å². The number of hydrogen-bond acceptors (Lipinski definition) is 3. The molecule has 0 radical (unpaired) electrons. The summed E-state index contributed by atoms with van der Waals surface area (Å²) in [5, 5.41) is 19.9. The fraction of sp³-hybridized carbons (Fsp3) is 0.222. The molecule has 0 aliphatic heterocycles. The maximum Gasteiger partial charge on any atom is 0.335 e. The van der Waals surface area contributed by atoms with Gasteiger partial charge in [0.25, 0.3) is 0 Å². The minimum absolute atomic E-state index is 0.141. The highest BCUT2D eigenvalue weighted by Crippen LogP contribution is 2.22. The molecule has 0 aliphatic carbocycles. The minimum Gasteiger partial charge on any atom is -0.505 e. The van der Waals surface area contributed by atoms with Gasteiger partial charge in [-0.3, -0.25) is 4.79 Å². The average molecular weight is 313 g/mol. The molecule has 0 spiro atoms. The Kier molecular flexibility index (Phi) is 4.14. The molecule has 3 N–H and O–H groups in total. The van der Waals surface area contributed by atoms with Crippen LogP contribution in [0.4, 0.5) is 0 Å². The highest BCUT2D eigenvalue weighted by molar-refractivity contribution is 6.02. The molecule has 120 valence electrons. The lowest BCUT2D eigenvalue weighted by molar-refractivity contribution is 0.0696. The van der Waals surface area contributed by atoms with Crippen molar-refractivity contribution >= 4 is 24.4 Å². The summed E-state index contributed by atoms with van der Waals surface area (Å²) in [5.74, 6) is -1.34. The third kappa shape index (κ3) is 3.34. The molecule has 5 nitrogen and oxygen atoms in total. The number of carboxylic acid groups (broad SMARTS) is 1. The second-order valence-corrected chi connectivity index (χ2v) is 6.39. The number of hydrogen-bond donors (Lipinski definition) is 3. The van der Waals surface area contributed by atoms with Crippen LogP contribution in [0.3, 0.4) is 0 Å². The highest BCUT2D eigenvalue weighted by Gasteiger charge is 2.27. The number of carboxylic acids is 1. The number of nitrogens with one attached hydrogen (secondary N) is 1. The Labute approximate surface area is 133 Å². The molecule has 2 rings (SSSR count). The van der Waals surface area contributed by atoms with Gasteiger partial charge >= 0.3 is 5.97 Å². The van der Waals surface area contributed by atoms with E-state index in [9.17, 15) is 14.7 Å². The van der Waals surface area contributed by atoms with E-state index in [0.717, 1.165) is 0 Å². The summed E-state index contributed by atoms with van der Waals surface area (Å²) >= 11 is 0. The summed E-state index contributed by atoms with van der Waals surface area (Å²) in [6, 6.07) is 6.19. The second kappa shape index (κ2) is 5.76. The van der Waals surface area contributed by atoms with Gasteiger partial charge in [0.15, 0.2) is 11.5 Å². The number of carbonyl (C=O) groups excluding carboxylic acids is 1. The highest BCUT2D eigenvalue weighted by atomic mass is 16.4. The molecule has 2 aromatic rings. The molecule has 5 heteroatoms. The Balaban J connectivity index is 2.51. The molecule has 1 heterocycles. The quantitative estimate of drug-likeness (QED) is 0.755. The van der Waals surface area contributed by atoms with Gasteiger partial charge in [-0.25, -0.2) is 4.79 Å². The predicted molar refractivity (Wildman–Crippen MR) is 88.0 cm³/mol. The van der Waals surface area contributed by atoms with Crippen LogP contribution in [-0.4, -0.2) is 26.9 Å². The van der Waals surface area contributed by atoms with E-state index < -0.39 is 11.4 Å². The number of ketones is 1. The van der Waals surface area contributed by atoms with Crippen LogP contribution in [0.5, 0.6) is 5.75 Å². The monoisotopic (exact) mass is 313 g/mol. The zero-order valence-electron chi connectivity index (χ0n) is 13.3.